The number of rotatable bonds is 8. The molecule has 0 saturated carbocycles. The van der Waals surface area contributed by atoms with Crippen LogP contribution in [0.2, 0.25) is 0 Å². The number of hydrogen-bond donors (Lipinski definition) is 1. The summed E-state index contributed by atoms with van der Waals surface area (Å²) < 4.78 is 11.6. The van der Waals surface area contributed by atoms with Gasteiger partial charge < -0.3 is 14.8 Å². The zero-order valence-corrected chi connectivity index (χ0v) is 14.4. The van der Waals surface area contributed by atoms with Crippen molar-refractivity contribution in [3.8, 4) is 28.4 Å². The van der Waals surface area contributed by atoms with Crippen molar-refractivity contribution in [2.45, 2.75) is 6.42 Å². The lowest BCUT2D eigenvalue weighted by molar-refractivity contribution is 0.309. The summed E-state index contributed by atoms with van der Waals surface area (Å²) in [5.41, 5.74) is 2.38. The average Bonchev–Trinajstić information content (AvgIpc) is 2.68. The molecule has 0 unspecified atom stereocenters. The molecule has 0 heterocycles. The molecule has 3 aromatic rings. The van der Waals surface area contributed by atoms with Gasteiger partial charge in [0, 0.05) is 0 Å². The van der Waals surface area contributed by atoms with Gasteiger partial charge in [0.1, 0.15) is 17.2 Å². The second kappa shape index (κ2) is 8.90. The molecule has 0 bridgehead atoms. The maximum absolute atomic E-state index is 5.90. The molecule has 25 heavy (non-hydrogen) atoms. The maximum atomic E-state index is 5.90. The summed E-state index contributed by atoms with van der Waals surface area (Å²) in [4.78, 5) is 0. The molecule has 3 aromatic carbocycles. The molecule has 1 N–H and O–H groups in total. The summed E-state index contributed by atoms with van der Waals surface area (Å²) in [5, 5.41) is 3.10. The van der Waals surface area contributed by atoms with Crippen molar-refractivity contribution in [3.63, 3.8) is 0 Å². The van der Waals surface area contributed by atoms with E-state index in [1.54, 1.807) is 0 Å². The normalized spacial score (nSPS) is 10.4. The van der Waals surface area contributed by atoms with E-state index in [0.29, 0.717) is 6.61 Å². The SMILES string of the molecule is CNCCCOc1ccc(Oc2ccc(-c3ccccc3)cc2)cc1. The Balaban J connectivity index is 1.57. The third kappa shape index (κ3) is 5.10. The highest BCUT2D eigenvalue weighted by Crippen LogP contribution is 2.27. The van der Waals surface area contributed by atoms with Gasteiger partial charge in [-0.15, -0.1) is 0 Å². The summed E-state index contributed by atoms with van der Waals surface area (Å²) >= 11 is 0. The Kier molecular flexibility index (Phi) is 6.07. The first-order valence-electron chi connectivity index (χ1n) is 8.56. The van der Waals surface area contributed by atoms with E-state index in [9.17, 15) is 0 Å². The van der Waals surface area contributed by atoms with Crippen LogP contribution in [0.5, 0.6) is 17.2 Å². The third-order valence-electron chi connectivity index (χ3n) is 3.86. The van der Waals surface area contributed by atoms with Crippen LogP contribution < -0.4 is 14.8 Å². The molecule has 128 valence electrons. The summed E-state index contributed by atoms with van der Waals surface area (Å²) in [6, 6.07) is 26.2. The number of hydrogen-bond acceptors (Lipinski definition) is 3. The molecule has 0 radical (unpaired) electrons. The van der Waals surface area contributed by atoms with E-state index in [1.807, 2.05) is 61.6 Å². The Labute approximate surface area is 149 Å². The maximum Gasteiger partial charge on any atom is 0.127 e. The third-order valence-corrected chi connectivity index (χ3v) is 3.86. The summed E-state index contributed by atoms with van der Waals surface area (Å²) in [7, 11) is 1.94. The quantitative estimate of drug-likeness (QED) is 0.579. The Morgan fingerprint density at radius 3 is 1.88 bits per heavy atom. The van der Waals surface area contributed by atoms with Crippen molar-refractivity contribution >= 4 is 0 Å². The van der Waals surface area contributed by atoms with E-state index >= 15 is 0 Å². The minimum atomic E-state index is 0.710. The second-order valence-corrected chi connectivity index (χ2v) is 5.77. The standard InChI is InChI=1S/C22H23NO2/c1-23-16-5-17-24-20-12-14-22(15-13-20)25-21-10-8-19(9-11-21)18-6-3-2-4-7-18/h2-4,6-15,23H,5,16-17H2,1H3. The second-order valence-electron chi connectivity index (χ2n) is 5.77. The molecular weight excluding hydrogens is 310 g/mol. The van der Waals surface area contributed by atoms with Crippen molar-refractivity contribution in [1.82, 2.24) is 5.32 Å². The molecule has 0 fully saturated rings. The Morgan fingerprint density at radius 1 is 0.680 bits per heavy atom. The van der Waals surface area contributed by atoms with Gasteiger partial charge in [-0.1, -0.05) is 42.5 Å². The van der Waals surface area contributed by atoms with Crippen molar-refractivity contribution in [1.29, 1.82) is 0 Å². The Morgan fingerprint density at radius 2 is 1.24 bits per heavy atom. The first kappa shape index (κ1) is 17.1. The van der Waals surface area contributed by atoms with Crippen LogP contribution in [0.1, 0.15) is 6.42 Å². The van der Waals surface area contributed by atoms with Gasteiger partial charge in [0.05, 0.1) is 6.61 Å². The van der Waals surface area contributed by atoms with Gasteiger partial charge in [-0.3, -0.25) is 0 Å². The number of nitrogens with one attached hydrogen (secondary N) is 1. The molecule has 0 spiro atoms. The van der Waals surface area contributed by atoms with E-state index in [1.165, 1.54) is 11.1 Å². The smallest absolute Gasteiger partial charge is 0.127 e. The van der Waals surface area contributed by atoms with Gasteiger partial charge in [-0.2, -0.15) is 0 Å². The van der Waals surface area contributed by atoms with Gasteiger partial charge in [0.15, 0.2) is 0 Å². The first-order valence-corrected chi connectivity index (χ1v) is 8.56. The van der Waals surface area contributed by atoms with E-state index in [2.05, 4.69) is 29.6 Å². The fourth-order valence-electron chi connectivity index (χ4n) is 2.52. The minimum Gasteiger partial charge on any atom is -0.494 e. The summed E-state index contributed by atoms with van der Waals surface area (Å²) in [6.45, 7) is 1.67. The van der Waals surface area contributed by atoms with Crippen molar-refractivity contribution in [2.75, 3.05) is 20.2 Å². The van der Waals surface area contributed by atoms with Crippen molar-refractivity contribution in [2.24, 2.45) is 0 Å². The molecule has 3 rings (SSSR count). The van der Waals surface area contributed by atoms with Gasteiger partial charge in [0.2, 0.25) is 0 Å². The minimum absolute atomic E-state index is 0.710. The molecule has 0 saturated heterocycles. The largest absolute Gasteiger partial charge is 0.494 e. The highest BCUT2D eigenvalue weighted by Gasteiger charge is 2.01. The van der Waals surface area contributed by atoms with Crippen LogP contribution in [-0.4, -0.2) is 20.2 Å². The lowest BCUT2D eigenvalue weighted by Crippen LogP contribution is -2.11. The van der Waals surface area contributed by atoms with Crippen LogP contribution in [0.25, 0.3) is 11.1 Å². The van der Waals surface area contributed by atoms with Crippen molar-refractivity contribution < 1.29 is 9.47 Å². The zero-order chi connectivity index (χ0) is 17.3. The van der Waals surface area contributed by atoms with E-state index < -0.39 is 0 Å². The van der Waals surface area contributed by atoms with Gasteiger partial charge in [0.25, 0.3) is 0 Å². The molecular formula is C22H23NO2. The molecule has 0 atom stereocenters. The van der Waals surface area contributed by atoms with Crippen LogP contribution >= 0.6 is 0 Å². The number of benzene rings is 3. The molecule has 3 heteroatoms. The Bertz CT molecular complexity index is 752. The Hall–Kier alpha value is -2.78. The molecule has 0 aliphatic carbocycles. The van der Waals surface area contributed by atoms with Crippen LogP contribution in [0.15, 0.2) is 78.9 Å². The molecule has 0 aliphatic heterocycles. The summed E-state index contributed by atoms with van der Waals surface area (Å²) in [6.07, 6.45) is 0.989. The average molecular weight is 333 g/mol. The predicted molar refractivity (Wildman–Crippen MR) is 102 cm³/mol. The van der Waals surface area contributed by atoms with Crippen LogP contribution in [0.4, 0.5) is 0 Å². The van der Waals surface area contributed by atoms with Gasteiger partial charge >= 0.3 is 0 Å². The zero-order valence-electron chi connectivity index (χ0n) is 14.4. The summed E-state index contributed by atoms with van der Waals surface area (Å²) in [5.74, 6) is 2.49. The van der Waals surface area contributed by atoms with Crippen LogP contribution in [-0.2, 0) is 0 Å². The lowest BCUT2D eigenvalue weighted by Gasteiger charge is -2.09. The van der Waals surface area contributed by atoms with Crippen LogP contribution in [0.3, 0.4) is 0 Å². The fourth-order valence-corrected chi connectivity index (χ4v) is 2.52. The lowest BCUT2D eigenvalue weighted by atomic mass is 10.1. The van der Waals surface area contributed by atoms with Gasteiger partial charge in [-0.25, -0.2) is 0 Å². The highest BCUT2D eigenvalue weighted by molar-refractivity contribution is 5.64. The highest BCUT2D eigenvalue weighted by atomic mass is 16.5. The fraction of sp³-hybridized carbons (Fsp3) is 0.182. The topological polar surface area (TPSA) is 30.5 Å². The monoisotopic (exact) mass is 333 g/mol. The van der Waals surface area contributed by atoms with E-state index in [-0.39, 0.29) is 0 Å². The van der Waals surface area contributed by atoms with E-state index in [4.69, 9.17) is 9.47 Å². The molecule has 0 aromatic heterocycles. The molecule has 3 nitrogen and oxygen atoms in total. The number of ether oxygens (including phenoxy) is 2. The van der Waals surface area contributed by atoms with Gasteiger partial charge in [-0.05, 0) is 67.5 Å². The molecule has 0 aliphatic rings. The molecule has 0 amide bonds. The van der Waals surface area contributed by atoms with E-state index in [0.717, 1.165) is 30.2 Å². The van der Waals surface area contributed by atoms with Crippen molar-refractivity contribution in [3.05, 3.63) is 78.9 Å². The van der Waals surface area contributed by atoms with Crippen LogP contribution in [0, 0.1) is 0 Å². The first-order chi connectivity index (χ1) is 12.3. The predicted octanol–water partition coefficient (Wildman–Crippen LogP) is 5.13.